The number of carboxylic acids is 1. The number of ether oxygens (including phenoxy) is 1. The Balaban J connectivity index is 1.43. The van der Waals surface area contributed by atoms with E-state index in [1.54, 1.807) is 15.5 Å². The van der Waals surface area contributed by atoms with Gasteiger partial charge in [0.15, 0.2) is 5.69 Å². The number of carboxylic acid groups (broad SMARTS) is 1. The second-order valence-corrected chi connectivity index (χ2v) is 9.24. The topological polar surface area (TPSA) is 113 Å². The first kappa shape index (κ1) is 24.3. The number of alkyl carbamates (subject to hydrolysis) is 1. The third kappa shape index (κ3) is 6.57. The van der Waals surface area contributed by atoms with Gasteiger partial charge >= 0.3 is 12.1 Å². The van der Waals surface area contributed by atoms with E-state index in [-0.39, 0.29) is 36.2 Å². The molecule has 3 heterocycles. The third-order valence-corrected chi connectivity index (χ3v) is 5.87. The first-order valence-electron chi connectivity index (χ1n) is 11.2. The summed E-state index contributed by atoms with van der Waals surface area (Å²) in [4.78, 5) is 41.3. The number of allylic oxidation sites excluding steroid dienone is 1. The Morgan fingerprint density at radius 1 is 1.36 bits per heavy atom. The van der Waals surface area contributed by atoms with Gasteiger partial charge in [-0.1, -0.05) is 26.0 Å². The fraction of sp³-hybridized carbons (Fsp3) is 0.500. The van der Waals surface area contributed by atoms with Crippen molar-refractivity contribution in [3.8, 4) is 0 Å². The summed E-state index contributed by atoms with van der Waals surface area (Å²) in [6, 6.07) is 3.95. The van der Waals surface area contributed by atoms with Gasteiger partial charge in [0.1, 0.15) is 12.2 Å². The van der Waals surface area contributed by atoms with Gasteiger partial charge in [0.2, 0.25) is 5.91 Å². The lowest BCUT2D eigenvalue weighted by molar-refractivity contribution is -0.130. The number of hydrogen-bond acceptors (Lipinski definition) is 5. The molecule has 0 aromatic carbocycles. The number of nitrogens with one attached hydrogen (secondary N) is 1. The number of fused-ring (bicyclic) bond motifs is 1. The molecular weight excluding hydrogens is 424 g/mol. The Labute approximate surface area is 193 Å². The molecule has 9 heteroatoms. The molecule has 2 N–H and O–H groups in total. The molecule has 1 aliphatic heterocycles. The average molecular weight is 457 g/mol. The summed E-state index contributed by atoms with van der Waals surface area (Å²) in [5.41, 5.74) is 1.17. The van der Waals surface area contributed by atoms with E-state index < -0.39 is 12.1 Å². The van der Waals surface area contributed by atoms with Crippen molar-refractivity contribution in [3.63, 3.8) is 0 Å². The highest BCUT2D eigenvalue weighted by molar-refractivity contribution is 5.86. The van der Waals surface area contributed by atoms with Crippen molar-refractivity contribution < 1.29 is 24.2 Å². The molecule has 1 unspecified atom stereocenters. The summed E-state index contributed by atoms with van der Waals surface area (Å²) in [6.07, 6.45) is 10.1. The summed E-state index contributed by atoms with van der Waals surface area (Å²) < 4.78 is 7.02. The van der Waals surface area contributed by atoms with Gasteiger partial charge in [-0.25, -0.2) is 14.6 Å². The normalized spacial score (nSPS) is 16.5. The fourth-order valence-electron chi connectivity index (χ4n) is 3.89. The van der Waals surface area contributed by atoms with E-state index in [2.05, 4.69) is 10.3 Å². The summed E-state index contributed by atoms with van der Waals surface area (Å²) in [5, 5.41) is 11.7. The average Bonchev–Trinajstić information content (AvgIpc) is 3.40. The van der Waals surface area contributed by atoms with Gasteiger partial charge in [0, 0.05) is 30.5 Å². The van der Waals surface area contributed by atoms with Gasteiger partial charge < -0.3 is 24.5 Å². The molecular formula is C24H32N4O5. The van der Waals surface area contributed by atoms with E-state index in [1.165, 1.54) is 6.20 Å². The highest BCUT2D eigenvalue weighted by Crippen LogP contribution is 2.24. The number of aromatic carboxylic acids is 1. The molecule has 0 saturated carbocycles. The Bertz CT molecular complexity index is 1040. The molecule has 9 nitrogen and oxygen atoms in total. The quantitative estimate of drug-likeness (QED) is 0.596. The van der Waals surface area contributed by atoms with Crippen molar-refractivity contribution in [3.05, 3.63) is 41.9 Å². The van der Waals surface area contributed by atoms with Crippen molar-refractivity contribution in [1.82, 2.24) is 19.6 Å². The summed E-state index contributed by atoms with van der Waals surface area (Å²) >= 11 is 0. The van der Waals surface area contributed by atoms with Crippen LogP contribution in [-0.4, -0.2) is 63.1 Å². The molecule has 0 bridgehead atoms. The van der Waals surface area contributed by atoms with E-state index in [4.69, 9.17) is 9.84 Å². The van der Waals surface area contributed by atoms with Crippen LogP contribution in [0.5, 0.6) is 0 Å². The predicted molar refractivity (Wildman–Crippen MR) is 124 cm³/mol. The second kappa shape index (κ2) is 10.5. The Kier molecular flexibility index (Phi) is 7.73. The number of carbonyl (C=O) groups is 3. The van der Waals surface area contributed by atoms with E-state index >= 15 is 0 Å². The molecule has 2 aromatic heterocycles. The maximum absolute atomic E-state index is 12.2. The molecule has 33 heavy (non-hydrogen) atoms. The standard InChI is InChI=1S/C24H32N4O5/c1-17-8-6-13-28(17)20(29)14-25-23(32)33-16-24(2,3)11-5-4-9-18-10-7-12-27-15-19(22(30)31)26-21(18)27/h4,7,9-10,12,15,17H,5-6,8,11,13-14,16H2,1-3H3,(H,25,32)(H,30,31)/b9-4+. The van der Waals surface area contributed by atoms with Gasteiger partial charge in [-0.3, -0.25) is 4.79 Å². The molecule has 178 valence electrons. The maximum Gasteiger partial charge on any atom is 0.407 e. The second-order valence-electron chi connectivity index (χ2n) is 9.24. The fourth-order valence-corrected chi connectivity index (χ4v) is 3.89. The Morgan fingerprint density at radius 2 is 2.15 bits per heavy atom. The molecule has 1 aliphatic rings. The van der Waals surface area contributed by atoms with Crippen LogP contribution in [0.2, 0.25) is 0 Å². The molecule has 2 amide bonds. The number of rotatable bonds is 9. The van der Waals surface area contributed by atoms with Crippen LogP contribution in [-0.2, 0) is 9.53 Å². The van der Waals surface area contributed by atoms with Gasteiger partial charge in [0.25, 0.3) is 0 Å². The molecule has 0 spiro atoms. The number of carbonyl (C=O) groups excluding carboxylic acids is 2. The van der Waals surface area contributed by atoms with Crippen LogP contribution in [0, 0.1) is 5.41 Å². The first-order chi connectivity index (χ1) is 15.7. The monoisotopic (exact) mass is 456 g/mol. The largest absolute Gasteiger partial charge is 0.476 e. The van der Waals surface area contributed by atoms with Crippen LogP contribution < -0.4 is 5.32 Å². The summed E-state index contributed by atoms with van der Waals surface area (Å²) in [7, 11) is 0. The van der Waals surface area contributed by atoms with Crippen LogP contribution in [0.3, 0.4) is 0 Å². The predicted octanol–water partition coefficient (Wildman–Crippen LogP) is 3.59. The molecule has 3 rings (SSSR count). The van der Waals surface area contributed by atoms with Crippen molar-refractivity contribution >= 4 is 29.7 Å². The molecule has 1 fully saturated rings. The molecule has 1 atom stereocenters. The number of imidazole rings is 1. The lowest BCUT2D eigenvalue weighted by atomic mass is 9.89. The lowest BCUT2D eigenvalue weighted by Gasteiger charge is -2.24. The highest BCUT2D eigenvalue weighted by Gasteiger charge is 2.25. The zero-order valence-electron chi connectivity index (χ0n) is 19.4. The molecule has 1 saturated heterocycles. The van der Waals surface area contributed by atoms with Crippen molar-refractivity contribution in [2.45, 2.75) is 52.5 Å². The molecule has 2 aromatic rings. The number of aromatic nitrogens is 2. The maximum atomic E-state index is 12.2. The van der Waals surface area contributed by atoms with E-state index in [1.807, 2.05) is 45.1 Å². The third-order valence-electron chi connectivity index (χ3n) is 5.87. The number of amides is 2. The smallest absolute Gasteiger partial charge is 0.407 e. The van der Waals surface area contributed by atoms with Crippen LogP contribution in [0.1, 0.15) is 62.5 Å². The SMILES string of the molecule is CC1CCCN1C(=O)CNC(=O)OCC(C)(C)CC/C=C/c1cccn2cc(C(=O)O)nc12. The minimum absolute atomic E-state index is 0.00375. The van der Waals surface area contributed by atoms with Gasteiger partial charge in [-0.15, -0.1) is 0 Å². The zero-order chi connectivity index (χ0) is 24.0. The van der Waals surface area contributed by atoms with E-state index in [0.717, 1.165) is 37.8 Å². The van der Waals surface area contributed by atoms with Crippen molar-refractivity contribution in [2.75, 3.05) is 19.7 Å². The van der Waals surface area contributed by atoms with Crippen LogP contribution >= 0.6 is 0 Å². The van der Waals surface area contributed by atoms with Crippen LogP contribution in [0.4, 0.5) is 4.79 Å². The van der Waals surface area contributed by atoms with E-state index in [0.29, 0.717) is 5.65 Å². The number of likely N-dealkylation sites (tertiary alicyclic amines) is 1. The molecule has 0 radical (unpaired) electrons. The minimum Gasteiger partial charge on any atom is -0.476 e. The van der Waals surface area contributed by atoms with Crippen molar-refractivity contribution in [1.29, 1.82) is 0 Å². The van der Waals surface area contributed by atoms with E-state index in [9.17, 15) is 14.4 Å². The van der Waals surface area contributed by atoms with Crippen LogP contribution in [0.15, 0.2) is 30.6 Å². The molecule has 0 aliphatic carbocycles. The summed E-state index contributed by atoms with van der Waals surface area (Å²) in [6.45, 7) is 6.98. The lowest BCUT2D eigenvalue weighted by Crippen LogP contribution is -2.42. The number of hydrogen-bond donors (Lipinski definition) is 2. The van der Waals surface area contributed by atoms with Gasteiger partial charge in [-0.2, -0.15) is 0 Å². The van der Waals surface area contributed by atoms with Crippen LogP contribution in [0.25, 0.3) is 11.7 Å². The number of nitrogens with zero attached hydrogens (tertiary/aromatic N) is 3. The minimum atomic E-state index is -1.06. The Morgan fingerprint density at radius 3 is 2.85 bits per heavy atom. The summed E-state index contributed by atoms with van der Waals surface area (Å²) in [5.74, 6) is -1.14. The van der Waals surface area contributed by atoms with Gasteiger partial charge in [0.05, 0.1) is 6.61 Å². The number of pyridine rings is 1. The highest BCUT2D eigenvalue weighted by atomic mass is 16.5. The Hall–Kier alpha value is -3.36. The van der Waals surface area contributed by atoms with Gasteiger partial charge in [-0.05, 0) is 50.2 Å². The zero-order valence-corrected chi connectivity index (χ0v) is 19.4. The first-order valence-corrected chi connectivity index (χ1v) is 11.2. The van der Waals surface area contributed by atoms with Crippen molar-refractivity contribution in [2.24, 2.45) is 5.41 Å².